The maximum absolute atomic E-state index is 11.9. The molecule has 2 aromatic carbocycles. The van der Waals surface area contributed by atoms with Gasteiger partial charge in [0.05, 0.1) is 11.1 Å². The average molecular weight is 356 g/mol. The van der Waals surface area contributed by atoms with Crippen molar-refractivity contribution in [2.45, 2.75) is 21.6 Å². The van der Waals surface area contributed by atoms with Crippen molar-refractivity contribution in [2.75, 3.05) is 0 Å². The molecule has 0 saturated heterocycles. The van der Waals surface area contributed by atoms with Crippen molar-refractivity contribution in [3.8, 4) is 0 Å². The molecule has 3 aliphatic rings. The number of hydrogen-bond acceptors (Lipinski definition) is 4. The number of rotatable bonds is 2. The summed E-state index contributed by atoms with van der Waals surface area (Å²) in [6.45, 7) is 0. The molecule has 2 N–H and O–H groups in total. The van der Waals surface area contributed by atoms with E-state index in [0.29, 0.717) is 0 Å². The van der Waals surface area contributed by atoms with E-state index in [1.54, 1.807) is 12.1 Å². The van der Waals surface area contributed by atoms with Gasteiger partial charge in [-0.05, 0) is 46.5 Å². The monoisotopic (exact) mass is 356 g/mol. The van der Waals surface area contributed by atoms with E-state index in [2.05, 4.69) is 25.3 Å². The first-order valence-electron chi connectivity index (χ1n) is 7.26. The van der Waals surface area contributed by atoms with Crippen molar-refractivity contribution in [3.05, 3.63) is 69.8 Å². The summed E-state index contributed by atoms with van der Waals surface area (Å²) in [6, 6.07) is 10.9. The third-order valence-electron chi connectivity index (χ3n) is 4.71. The molecule has 0 heterocycles. The van der Waals surface area contributed by atoms with Crippen LogP contribution >= 0.6 is 25.3 Å². The number of carboxylic acids is 2. The molecule has 2 atom stereocenters. The van der Waals surface area contributed by atoms with Crippen LogP contribution in [0.1, 0.15) is 34.1 Å². The lowest BCUT2D eigenvalue weighted by Crippen LogP contribution is -2.34. The zero-order valence-corrected chi connectivity index (χ0v) is 14.0. The second-order valence-electron chi connectivity index (χ2n) is 5.93. The Labute approximate surface area is 148 Å². The van der Waals surface area contributed by atoms with Crippen molar-refractivity contribution in [3.63, 3.8) is 0 Å². The van der Waals surface area contributed by atoms with Crippen LogP contribution in [0.2, 0.25) is 0 Å². The second kappa shape index (κ2) is 5.16. The Morgan fingerprint density at radius 1 is 0.708 bits per heavy atom. The van der Waals surface area contributed by atoms with E-state index in [4.69, 9.17) is 0 Å². The van der Waals surface area contributed by atoms with Gasteiger partial charge < -0.3 is 10.2 Å². The Morgan fingerprint density at radius 3 is 1.42 bits per heavy atom. The number of benzene rings is 2. The Kier molecular flexibility index (Phi) is 3.30. The first-order chi connectivity index (χ1) is 11.4. The van der Waals surface area contributed by atoms with Crippen molar-refractivity contribution >= 4 is 37.2 Å². The quantitative estimate of drug-likeness (QED) is 0.623. The second-order valence-corrected chi connectivity index (χ2v) is 6.96. The lowest BCUT2D eigenvalue weighted by molar-refractivity contribution is -0.136. The van der Waals surface area contributed by atoms with Gasteiger partial charge in [0.25, 0.3) is 0 Å². The van der Waals surface area contributed by atoms with Gasteiger partial charge in [-0.2, -0.15) is 0 Å². The highest BCUT2D eigenvalue weighted by Gasteiger charge is 2.47. The zero-order valence-electron chi connectivity index (χ0n) is 12.2. The van der Waals surface area contributed by atoms with Crippen molar-refractivity contribution < 1.29 is 19.8 Å². The molecule has 4 nitrogen and oxygen atoms in total. The molecule has 0 amide bonds. The standard InChI is InChI=1S/C18H12O4S2/c19-17(20)15-13-9-3-1-7(23)5-11(9)14(16(15)18(21)22)10-4-2-8(24)6-12(10)13/h1-6,13-14,23-24H,(H,19,20)(H,21,22). The predicted octanol–water partition coefficient (Wildman–Crippen LogP) is 3.32. The van der Waals surface area contributed by atoms with Crippen LogP contribution in [-0.4, -0.2) is 22.2 Å². The summed E-state index contributed by atoms with van der Waals surface area (Å²) < 4.78 is 0. The maximum Gasteiger partial charge on any atom is 0.333 e. The number of carbonyl (C=O) groups is 2. The predicted molar refractivity (Wildman–Crippen MR) is 93.4 cm³/mol. The molecule has 5 rings (SSSR count). The minimum atomic E-state index is -1.20. The number of carboxylic acid groups (broad SMARTS) is 2. The van der Waals surface area contributed by atoms with Crippen molar-refractivity contribution in [1.29, 1.82) is 0 Å². The Balaban J connectivity index is 2.12. The highest BCUT2D eigenvalue weighted by atomic mass is 32.1. The van der Waals surface area contributed by atoms with Crippen molar-refractivity contribution in [1.82, 2.24) is 0 Å². The molecular weight excluding hydrogens is 344 g/mol. The molecule has 24 heavy (non-hydrogen) atoms. The first-order valence-corrected chi connectivity index (χ1v) is 8.16. The molecule has 3 aliphatic carbocycles. The fourth-order valence-electron chi connectivity index (χ4n) is 3.90. The van der Waals surface area contributed by atoms with E-state index in [1.807, 2.05) is 24.3 Å². The Bertz CT molecular complexity index is 884. The van der Waals surface area contributed by atoms with Gasteiger partial charge in [0, 0.05) is 21.6 Å². The third-order valence-corrected chi connectivity index (χ3v) is 5.27. The van der Waals surface area contributed by atoms with Gasteiger partial charge in [-0.1, -0.05) is 12.1 Å². The van der Waals surface area contributed by atoms with Crippen molar-refractivity contribution in [2.24, 2.45) is 0 Å². The SMILES string of the molecule is O=C(O)C1=C(C(=O)O)C2c3ccc(S)cc3C1c1ccc(S)cc12. The summed E-state index contributed by atoms with van der Waals surface area (Å²) in [7, 11) is 0. The molecule has 2 bridgehead atoms. The molecule has 0 aromatic heterocycles. The molecule has 2 unspecified atom stereocenters. The lowest BCUT2D eigenvalue weighted by Gasteiger charge is -2.41. The fraction of sp³-hybridized carbons (Fsp3) is 0.111. The van der Waals surface area contributed by atoms with Crippen LogP contribution in [0.25, 0.3) is 0 Å². The first kappa shape index (κ1) is 15.4. The molecule has 0 aliphatic heterocycles. The highest BCUT2D eigenvalue weighted by Crippen LogP contribution is 2.56. The molecule has 6 heteroatoms. The van der Waals surface area contributed by atoms with Gasteiger partial charge in [-0.15, -0.1) is 25.3 Å². The Morgan fingerprint density at radius 2 is 1.08 bits per heavy atom. The zero-order chi connectivity index (χ0) is 17.2. The van der Waals surface area contributed by atoms with E-state index in [1.165, 1.54) is 0 Å². The van der Waals surface area contributed by atoms with E-state index in [-0.39, 0.29) is 11.1 Å². The number of aliphatic carboxylic acids is 2. The topological polar surface area (TPSA) is 74.6 Å². The normalized spacial score (nSPS) is 20.6. The largest absolute Gasteiger partial charge is 0.478 e. The molecule has 0 saturated carbocycles. The highest BCUT2D eigenvalue weighted by molar-refractivity contribution is 7.80. The molecule has 0 spiro atoms. The number of hydrogen-bond donors (Lipinski definition) is 4. The minimum Gasteiger partial charge on any atom is -0.478 e. The van der Waals surface area contributed by atoms with Crippen LogP contribution in [0.3, 0.4) is 0 Å². The van der Waals surface area contributed by atoms with Gasteiger partial charge >= 0.3 is 11.9 Å². The van der Waals surface area contributed by atoms with Crippen LogP contribution in [0.15, 0.2) is 57.3 Å². The Hall–Kier alpha value is -2.18. The molecule has 0 radical (unpaired) electrons. The molecule has 0 fully saturated rings. The van der Waals surface area contributed by atoms with Crippen LogP contribution in [-0.2, 0) is 9.59 Å². The van der Waals surface area contributed by atoms with Gasteiger partial charge in [-0.25, -0.2) is 9.59 Å². The summed E-state index contributed by atoms with van der Waals surface area (Å²) in [5.41, 5.74) is 3.17. The van der Waals surface area contributed by atoms with Gasteiger partial charge in [0.1, 0.15) is 0 Å². The minimum absolute atomic E-state index is 0.0571. The van der Waals surface area contributed by atoms with Gasteiger partial charge in [0.2, 0.25) is 0 Å². The fourth-order valence-corrected chi connectivity index (χ4v) is 4.32. The molecule has 120 valence electrons. The summed E-state index contributed by atoms with van der Waals surface area (Å²) in [4.78, 5) is 25.2. The number of thiol groups is 2. The van der Waals surface area contributed by atoms with Crippen LogP contribution < -0.4 is 0 Å². The third kappa shape index (κ3) is 1.96. The van der Waals surface area contributed by atoms with Crippen LogP contribution in [0, 0.1) is 0 Å². The smallest absolute Gasteiger partial charge is 0.333 e. The van der Waals surface area contributed by atoms with E-state index in [9.17, 15) is 19.8 Å². The molecule has 2 aromatic rings. The van der Waals surface area contributed by atoms with Gasteiger partial charge in [-0.3, -0.25) is 0 Å². The van der Waals surface area contributed by atoms with E-state index in [0.717, 1.165) is 32.0 Å². The molecular formula is C18H12O4S2. The summed E-state index contributed by atoms with van der Waals surface area (Å²) >= 11 is 8.70. The average Bonchev–Trinajstić information content (AvgIpc) is 2.53. The van der Waals surface area contributed by atoms with Crippen LogP contribution in [0.5, 0.6) is 0 Å². The summed E-state index contributed by atoms with van der Waals surface area (Å²) in [5.74, 6) is -3.61. The van der Waals surface area contributed by atoms with Gasteiger partial charge in [0.15, 0.2) is 0 Å². The van der Waals surface area contributed by atoms with Crippen LogP contribution in [0.4, 0.5) is 0 Å². The lowest BCUT2D eigenvalue weighted by atomic mass is 9.61. The van der Waals surface area contributed by atoms with E-state index >= 15 is 0 Å². The summed E-state index contributed by atoms with van der Waals surface area (Å²) in [5, 5.41) is 19.4. The summed E-state index contributed by atoms with van der Waals surface area (Å²) in [6.07, 6.45) is 0. The van der Waals surface area contributed by atoms with E-state index < -0.39 is 23.8 Å². The maximum atomic E-state index is 11.9.